The molecule has 0 aliphatic carbocycles. The summed E-state index contributed by atoms with van der Waals surface area (Å²) in [7, 11) is 1.43. The van der Waals surface area contributed by atoms with Crippen molar-refractivity contribution in [1.29, 1.82) is 0 Å². The van der Waals surface area contributed by atoms with E-state index in [-0.39, 0.29) is 37.1 Å². The minimum atomic E-state index is -0.710. The maximum Gasteiger partial charge on any atom is 0.242 e. The van der Waals surface area contributed by atoms with Crippen LogP contribution in [0.4, 0.5) is 0 Å². The van der Waals surface area contributed by atoms with Crippen LogP contribution in [0.1, 0.15) is 17.5 Å². The van der Waals surface area contributed by atoms with Crippen molar-refractivity contribution in [3.63, 3.8) is 0 Å². The molecule has 0 saturated carbocycles. The van der Waals surface area contributed by atoms with Crippen LogP contribution in [0, 0.1) is 0 Å². The fourth-order valence-corrected chi connectivity index (χ4v) is 3.21. The molecule has 0 fully saturated rings. The van der Waals surface area contributed by atoms with Crippen molar-refractivity contribution in [2.75, 3.05) is 39.8 Å². The van der Waals surface area contributed by atoms with Crippen molar-refractivity contribution in [2.45, 2.75) is 25.4 Å². The monoisotopic (exact) mass is 455 g/mol. The van der Waals surface area contributed by atoms with Gasteiger partial charge in [-0.05, 0) is 42.6 Å². The number of hydrogen-bond donors (Lipinski definition) is 3. The molecule has 0 aromatic heterocycles. The van der Waals surface area contributed by atoms with E-state index >= 15 is 0 Å². The zero-order valence-electron chi connectivity index (χ0n) is 19.0. The van der Waals surface area contributed by atoms with Gasteiger partial charge in [-0.25, -0.2) is 0 Å². The molecule has 0 aliphatic heterocycles. The van der Waals surface area contributed by atoms with Crippen molar-refractivity contribution in [1.82, 2.24) is 15.5 Å². The summed E-state index contributed by atoms with van der Waals surface area (Å²) < 4.78 is 5.10. The van der Waals surface area contributed by atoms with Crippen LogP contribution in [0.2, 0.25) is 0 Å². The van der Waals surface area contributed by atoms with Crippen LogP contribution in [0.15, 0.2) is 54.6 Å². The first-order chi connectivity index (χ1) is 16.0. The van der Waals surface area contributed by atoms with Crippen molar-refractivity contribution in [2.24, 2.45) is 0 Å². The average molecular weight is 456 g/mol. The van der Waals surface area contributed by atoms with Crippen molar-refractivity contribution in [3.8, 4) is 5.75 Å². The SMILES string of the molecule is COC(C=O)CN(CCc1ccccc1)C(=O)CNC(=O)CCNCCc1ccc(O)cc1. The highest BCUT2D eigenvalue weighted by molar-refractivity contribution is 5.85. The number of methoxy groups -OCH3 is 1. The summed E-state index contributed by atoms with van der Waals surface area (Å²) in [4.78, 5) is 37.5. The predicted molar refractivity (Wildman–Crippen MR) is 126 cm³/mol. The Kier molecular flexibility index (Phi) is 11.6. The van der Waals surface area contributed by atoms with E-state index in [9.17, 15) is 19.5 Å². The summed E-state index contributed by atoms with van der Waals surface area (Å²) in [5.41, 5.74) is 2.17. The van der Waals surface area contributed by atoms with Gasteiger partial charge < -0.3 is 30.2 Å². The Morgan fingerprint density at radius 2 is 1.73 bits per heavy atom. The highest BCUT2D eigenvalue weighted by Gasteiger charge is 2.19. The molecule has 0 bridgehead atoms. The van der Waals surface area contributed by atoms with Crippen LogP contribution in [0.5, 0.6) is 5.75 Å². The summed E-state index contributed by atoms with van der Waals surface area (Å²) in [6.45, 7) is 1.63. The molecule has 0 spiro atoms. The number of amides is 2. The summed E-state index contributed by atoms with van der Waals surface area (Å²) in [5.74, 6) is -0.244. The maximum atomic E-state index is 12.7. The zero-order chi connectivity index (χ0) is 23.9. The Morgan fingerprint density at radius 1 is 1.03 bits per heavy atom. The van der Waals surface area contributed by atoms with Crippen LogP contribution in [-0.4, -0.2) is 74.0 Å². The quantitative estimate of drug-likeness (QED) is 0.276. The van der Waals surface area contributed by atoms with Crippen LogP contribution >= 0.6 is 0 Å². The molecule has 0 saturated heterocycles. The maximum absolute atomic E-state index is 12.7. The highest BCUT2D eigenvalue weighted by atomic mass is 16.5. The first kappa shape index (κ1) is 26.0. The van der Waals surface area contributed by atoms with Crippen molar-refractivity contribution >= 4 is 18.1 Å². The Hall–Kier alpha value is -3.23. The summed E-state index contributed by atoms with van der Waals surface area (Å²) >= 11 is 0. The number of carbonyl (C=O) groups is 3. The van der Waals surface area contributed by atoms with Gasteiger partial charge in [0.2, 0.25) is 11.8 Å². The smallest absolute Gasteiger partial charge is 0.242 e. The Balaban J connectivity index is 1.71. The van der Waals surface area contributed by atoms with E-state index in [1.165, 1.54) is 7.11 Å². The Labute approximate surface area is 194 Å². The van der Waals surface area contributed by atoms with E-state index in [1.807, 2.05) is 42.5 Å². The number of hydrogen-bond acceptors (Lipinski definition) is 6. The highest BCUT2D eigenvalue weighted by Crippen LogP contribution is 2.09. The number of phenolic OH excluding ortho intramolecular Hbond substituents is 1. The molecule has 1 unspecified atom stereocenters. The van der Waals surface area contributed by atoms with Gasteiger partial charge >= 0.3 is 0 Å². The van der Waals surface area contributed by atoms with E-state index in [1.54, 1.807) is 17.0 Å². The predicted octanol–water partition coefficient (Wildman–Crippen LogP) is 1.32. The topological polar surface area (TPSA) is 108 Å². The average Bonchev–Trinajstić information content (AvgIpc) is 2.84. The van der Waals surface area contributed by atoms with E-state index in [2.05, 4.69) is 10.6 Å². The first-order valence-corrected chi connectivity index (χ1v) is 11.1. The van der Waals surface area contributed by atoms with Gasteiger partial charge in [0.25, 0.3) is 0 Å². The second-order valence-electron chi connectivity index (χ2n) is 7.68. The number of nitrogens with one attached hydrogen (secondary N) is 2. The molecule has 2 amide bonds. The molecule has 8 heteroatoms. The van der Waals surface area contributed by atoms with E-state index in [4.69, 9.17) is 4.74 Å². The van der Waals surface area contributed by atoms with Crippen LogP contribution < -0.4 is 10.6 Å². The van der Waals surface area contributed by atoms with Gasteiger partial charge in [0.05, 0.1) is 13.1 Å². The lowest BCUT2D eigenvalue weighted by molar-refractivity contribution is -0.135. The molecule has 1 atom stereocenters. The van der Waals surface area contributed by atoms with Gasteiger partial charge in [0, 0.05) is 26.6 Å². The third-order valence-electron chi connectivity index (χ3n) is 5.21. The van der Waals surface area contributed by atoms with Gasteiger partial charge in [-0.15, -0.1) is 0 Å². The first-order valence-electron chi connectivity index (χ1n) is 11.1. The number of carbonyl (C=O) groups excluding carboxylic acids is 3. The summed E-state index contributed by atoms with van der Waals surface area (Å²) in [5, 5.41) is 15.1. The number of rotatable bonds is 15. The van der Waals surface area contributed by atoms with Crippen molar-refractivity contribution in [3.05, 3.63) is 65.7 Å². The number of benzene rings is 2. The molecule has 33 heavy (non-hydrogen) atoms. The Bertz CT molecular complexity index is 858. The molecule has 8 nitrogen and oxygen atoms in total. The molecule has 178 valence electrons. The molecule has 0 aliphatic rings. The standard InChI is InChI=1S/C25H33N3O5/c1-33-23(19-29)18-28(16-13-20-5-3-2-4-6-20)25(32)17-27-24(31)12-15-26-14-11-21-7-9-22(30)10-8-21/h2-10,19,23,26,30H,11-18H2,1H3,(H,27,31). The fourth-order valence-electron chi connectivity index (χ4n) is 3.21. The summed E-state index contributed by atoms with van der Waals surface area (Å²) in [6, 6.07) is 16.8. The Morgan fingerprint density at radius 3 is 2.39 bits per heavy atom. The molecular weight excluding hydrogens is 422 g/mol. The van der Waals surface area contributed by atoms with Gasteiger partial charge in [-0.3, -0.25) is 9.59 Å². The van der Waals surface area contributed by atoms with Gasteiger partial charge in [0.15, 0.2) is 6.29 Å². The number of aromatic hydroxyl groups is 1. The minimum Gasteiger partial charge on any atom is -0.508 e. The third-order valence-corrected chi connectivity index (χ3v) is 5.21. The lowest BCUT2D eigenvalue weighted by Crippen LogP contribution is -2.45. The lowest BCUT2D eigenvalue weighted by atomic mass is 10.1. The number of nitrogens with zero attached hydrogens (tertiary/aromatic N) is 1. The molecule has 2 rings (SSSR count). The number of ether oxygens (including phenoxy) is 1. The van der Waals surface area contributed by atoms with E-state index < -0.39 is 6.10 Å². The molecule has 3 N–H and O–H groups in total. The molecule has 0 heterocycles. The van der Waals surface area contributed by atoms with E-state index in [0.29, 0.717) is 32.3 Å². The molecule has 0 radical (unpaired) electrons. The van der Waals surface area contributed by atoms with Crippen LogP contribution in [0.25, 0.3) is 0 Å². The number of aldehydes is 1. The second kappa shape index (κ2) is 14.8. The minimum absolute atomic E-state index is 0.129. The van der Waals surface area contributed by atoms with Gasteiger partial charge in [-0.1, -0.05) is 42.5 Å². The zero-order valence-corrected chi connectivity index (χ0v) is 19.0. The summed E-state index contributed by atoms with van der Waals surface area (Å²) in [6.07, 6.45) is 1.64. The lowest BCUT2D eigenvalue weighted by Gasteiger charge is -2.25. The third kappa shape index (κ3) is 10.3. The fraction of sp³-hybridized carbons (Fsp3) is 0.400. The normalized spacial score (nSPS) is 11.5. The second-order valence-corrected chi connectivity index (χ2v) is 7.68. The number of phenols is 1. The molecular formula is C25H33N3O5. The van der Waals surface area contributed by atoms with Gasteiger partial charge in [-0.2, -0.15) is 0 Å². The molecule has 2 aromatic rings. The van der Waals surface area contributed by atoms with Crippen LogP contribution in [0.3, 0.4) is 0 Å². The van der Waals surface area contributed by atoms with Crippen molar-refractivity contribution < 1.29 is 24.2 Å². The van der Waals surface area contributed by atoms with Crippen LogP contribution in [-0.2, 0) is 32.0 Å². The van der Waals surface area contributed by atoms with Gasteiger partial charge in [0.1, 0.15) is 11.9 Å². The molecule has 2 aromatic carbocycles. The largest absolute Gasteiger partial charge is 0.508 e. The van der Waals surface area contributed by atoms with E-state index in [0.717, 1.165) is 17.5 Å².